The highest BCUT2D eigenvalue weighted by atomic mass is 16.5. The van der Waals surface area contributed by atoms with Gasteiger partial charge in [0.05, 0.1) is 31.7 Å². The second-order valence-corrected chi connectivity index (χ2v) is 8.15. The predicted octanol–water partition coefficient (Wildman–Crippen LogP) is 2.81. The van der Waals surface area contributed by atoms with E-state index in [1.165, 1.54) is 31.0 Å². The van der Waals surface area contributed by atoms with Gasteiger partial charge in [-0.2, -0.15) is 5.26 Å². The first-order chi connectivity index (χ1) is 15.7. The van der Waals surface area contributed by atoms with Crippen molar-refractivity contribution >= 4 is 5.65 Å². The van der Waals surface area contributed by atoms with E-state index in [1.54, 1.807) is 24.1 Å². The normalized spacial score (nSPS) is 13.8. The van der Waals surface area contributed by atoms with E-state index in [1.807, 2.05) is 16.7 Å². The zero-order chi connectivity index (χ0) is 21.9. The quantitative estimate of drug-likeness (QED) is 0.460. The molecule has 1 fully saturated rings. The van der Waals surface area contributed by atoms with E-state index in [9.17, 15) is 5.26 Å². The Bertz CT molecular complexity index is 1280. The SMILES string of the molecule is COc1cnc(C#N)c(-c2cn(Cc3cn4cc(CNCC5CCC5)ccc4n3)nn2)c1. The van der Waals surface area contributed by atoms with Gasteiger partial charge in [0, 0.05) is 24.5 Å². The van der Waals surface area contributed by atoms with Gasteiger partial charge in [-0.1, -0.05) is 17.7 Å². The highest BCUT2D eigenvalue weighted by Crippen LogP contribution is 2.25. The number of rotatable bonds is 8. The van der Waals surface area contributed by atoms with Crippen LogP contribution in [0.4, 0.5) is 0 Å². The van der Waals surface area contributed by atoms with Gasteiger partial charge < -0.3 is 14.5 Å². The Hall–Kier alpha value is -3.77. The Kier molecular flexibility index (Phi) is 5.52. The summed E-state index contributed by atoms with van der Waals surface area (Å²) in [7, 11) is 1.56. The van der Waals surface area contributed by atoms with Gasteiger partial charge in [0.25, 0.3) is 0 Å². The third-order valence-electron chi connectivity index (χ3n) is 5.89. The third-order valence-corrected chi connectivity index (χ3v) is 5.89. The second kappa shape index (κ2) is 8.77. The minimum atomic E-state index is 0.282. The van der Waals surface area contributed by atoms with Gasteiger partial charge in [-0.3, -0.25) is 0 Å². The van der Waals surface area contributed by atoms with Crippen LogP contribution in [0, 0.1) is 17.2 Å². The maximum absolute atomic E-state index is 9.36. The highest BCUT2D eigenvalue weighted by Gasteiger charge is 2.16. The van der Waals surface area contributed by atoms with Crippen LogP contribution in [0.1, 0.15) is 36.2 Å². The number of ether oxygens (including phenoxy) is 1. The average Bonchev–Trinajstić information content (AvgIpc) is 3.41. The van der Waals surface area contributed by atoms with Crippen LogP contribution in [0.2, 0.25) is 0 Å². The summed E-state index contributed by atoms with van der Waals surface area (Å²) in [4.78, 5) is 8.82. The fourth-order valence-corrected chi connectivity index (χ4v) is 3.90. The van der Waals surface area contributed by atoms with Crippen molar-refractivity contribution in [2.75, 3.05) is 13.7 Å². The Morgan fingerprint density at radius 2 is 2.16 bits per heavy atom. The molecule has 0 atom stereocenters. The van der Waals surface area contributed by atoms with Crippen LogP contribution in [0.3, 0.4) is 0 Å². The third kappa shape index (κ3) is 4.18. The molecule has 4 heterocycles. The van der Waals surface area contributed by atoms with Gasteiger partial charge >= 0.3 is 0 Å². The first-order valence-electron chi connectivity index (χ1n) is 10.7. The summed E-state index contributed by atoms with van der Waals surface area (Å²) < 4.78 is 8.98. The molecule has 1 saturated carbocycles. The Labute approximate surface area is 185 Å². The number of nitriles is 1. The number of nitrogens with one attached hydrogen (secondary N) is 1. The van der Waals surface area contributed by atoms with Crippen molar-refractivity contribution < 1.29 is 4.74 Å². The van der Waals surface area contributed by atoms with Crippen molar-refractivity contribution in [1.29, 1.82) is 5.26 Å². The summed E-state index contributed by atoms with van der Waals surface area (Å²) >= 11 is 0. The molecule has 0 spiro atoms. The van der Waals surface area contributed by atoms with Crippen molar-refractivity contribution in [2.24, 2.45) is 5.92 Å². The molecule has 4 aromatic rings. The van der Waals surface area contributed by atoms with Crippen LogP contribution < -0.4 is 10.1 Å². The standard InChI is InChI=1S/C23H24N8O/c1-32-19-7-20(21(8-24)26-11-19)22-15-31(29-28-22)14-18-13-30-12-17(5-6-23(30)27-18)10-25-9-16-3-2-4-16/h5-7,11-13,15-16,25H,2-4,9-10,14H2,1H3. The molecular weight excluding hydrogens is 404 g/mol. The minimum absolute atomic E-state index is 0.282. The summed E-state index contributed by atoms with van der Waals surface area (Å²) in [6, 6.07) is 7.99. The molecule has 1 N–H and O–H groups in total. The van der Waals surface area contributed by atoms with Crippen molar-refractivity contribution in [1.82, 2.24) is 34.7 Å². The van der Waals surface area contributed by atoms with E-state index in [4.69, 9.17) is 9.72 Å². The van der Waals surface area contributed by atoms with Crippen LogP contribution in [0.5, 0.6) is 5.75 Å². The molecule has 0 bridgehead atoms. The van der Waals surface area contributed by atoms with Gasteiger partial charge in [0.15, 0.2) is 0 Å². The van der Waals surface area contributed by atoms with E-state index in [0.717, 1.165) is 30.3 Å². The zero-order valence-corrected chi connectivity index (χ0v) is 17.9. The van der Waals surface area contributed by atoms with Crippen LogP contribution in [0.15, 0.2) is 43.0 Å². The molecule has 0 radical (unpaired) electrons. The van der Waals surface area contributed by atoms with Crippen molar-refractivity contribution in [3.63, 3.8) is 0 Å². The molecular formula is C23H24N8O. The molecule has 4 aromatic heterocycles. The molecule has 0 amide bonds. The number of fused-ring (bicyclic) bond motifs is 1. The molecule has 5 rings (SSSR count). The van der Waals surface area contributed by atoms with Gasteiger partial charge in [-0.15, -0.1) is 5.10 Å². The lowest BCUT2D eigenvalue weighted by Crippen LogP contribution is -2.26. The lowest BCUT2D eigenvalue weighted by atomic mass is 9.85. The van der Waals surface area contributed by atoms with Crippen LogP contribution in [-0.2, 0) is 13.1 Å². The number of imidazole rings is 1. The molecule has 0 unspecified atom stereocenters. The van der Waals surface area contributed by atoms with E-state index < -0.39 is 0 Å². The predicted molar refractivity (Wildman–Crippen MR) is 118 cm³/mol. The number of methoxy groups -OCH3 is 1. The van der Waals surface area contributed by atoms with E-state index in [0.29, 0.717) is 23.6 Å². The van der Waals surface area contributed by atoms with Crippen molar-refractivity contribution in [2.45, 2.75) is 32.4 Å². The molecule has 162 valence electrons. The number of hydrogen-bond donors (Lipinski definition) is 1. The van der Waals surface area contributed by atoms with E-state index >= 15 is 0 Å². The minimum Gasteiger partial charge on any atom is -0.495 e. The fourth-order valence-electron chi connectivity index (χ4n) is 3.90. The Morgan fingerprint density at radius 1 is 1.25 bits per heavy atom. The van der Waals surface area contributed by atoms with Crippen LogP contribution >= 0.6 is 0 Å². The zero-order valence-electron chi connectivity index (χ0n) is 17.9. The Balaban J connectivity index is 1.30. The molecule has 0 saturated heterocycles. The Morgan fingerprint density at radius 3 is 2.94 bits per heavy atom. The van der Waals surface area contributed by atoms with Crippen molar-refractivity contribution in [3.8, 4) is 23.1 Å². The summed E-state index contributed by atoms with van der Waals surface area (Å²) in [6.07, 6.45) is 11.5. The number of hydrogen-bond acceptors (Lipinski definition) is 7. The van der Waals surface area contributed by atoms with E-state index in [-0.39, 0.29) is 5.69 Å². The molecule has 1 aliphatic carbocycles. The van der Waals surface area contributed by atoms with Crippen LogP contribution in [-0.4, -0.2) is 43.0 Å². The first kappa shape index (κ1) is 20.2. The first-order valence-corrected chi connectivity index (χ1v) is 10.7. The summed E-state index contributed by atoms with van der Waals surface area (Å²) in [6.45, 7) is 2.43. The lowest BCUT2D eigenvalue weighted by Gasteiger charge is -2.25. The number of pyridine rings is 2. The lowest BCUT2D eigenvalue weighted by molar-refractivity contribution is 0.301. The summed E-state index contributed by atoms with van der Waals surface area (Å²) in [5.74, 6) is 1.41. The number of aromatic nitrogens is 6. The van der Waals surface area contributed by atoms with E-state index in [2.05, 4.69) is 38.9 Å². The average molecular weight is 429 g/mol. The molecule has 9 heteroatoms. The van der Waals surface area contributed by atoms with Gasteiger partial charge in [0.2, 0.25) is 0 Å². The number of nitrogens with zero attached hydrogens (tertiary/aromatic N) is 7. The van der Waals surface area contributed by atoms with Crippen molar-refractivity contribution in [3.05, 3.63) is 59.9 Å². The molecule has 32 heavy (non-hydrogen) atoms. The fraction of sp³-hybridized carbons (Fsp3) is 0.348. The molecule has 0 aliphatic heterocycles. The summed E-state index contributed by atoms with van der Waals surface area (Å²) in [5, 5.41) is 21.3. The largest absolute Gasteiger partial charge is 0.495 e. The maximum atomic E-state index is 9.36. The topological polar surface area (TPSA) is 106 Å². The maximum Gasteiger partial charge on any atom is 0.150 e. The van der Waals surface area contributed by atoms with Gasteiger partial charge in [-0.05, 0) is 43.0 Å². The van der Waals surface area contributed by atoms with Gasteiger partial charge in [0.1, 0.15) is 28.9 Å². The monoisotopic (exact) mass is 428 g/mol. The molecule has 9 nitrogen and oxygen atoms in total. The second-order valence-electron chi connectivity index (χ2n) is 8.15. The van der Waals surface area contributed by atoms with Gasteiger partial charge in [-0.25, -0.2) is 14.6 Å². The molecule has 1 aliphatic rings. The highest BCUT2D eigenvalue weighted by molar-refractivity contribution is 5.65. The smallest absolute Gasteiger partial charge is 0.150 e. The van der Waals surface area contributed by atoms with Crippen LogP contribution in [0.25, 0.3) is 16.9 Å². The summed E-state index contributed by atoms with van der Waals surface area (Å²) in [5.41, 5.74) is 4.45. The molecule has 0 aromatic carbocycles.